The van der Waals surface area contributed by atoms with Crippen LogP contribution in [0.4, 0.5) is 5.69 Å². The van der Waals surface area contributed by atoms with Gasteiger partial charge in [0.15, 0.2) is 5.76 Å². The molecule has 2 heterocycles. The predicted octanol–water partition coefficient (Wildman–Crippen LogP) is 6.18. The zero-order chi connectivity index (χ0) is 26.8. The Morgan fingerprint density at radius 2 is 1.69 bits per heavy atom. The van der Waals surface area contributed by atoms with Gasteiger partial charge in [0, 0.05) is 17.5 Å². The van der Waals surface area contributed by atoms with E-state index in [1.807, 2.05) is 48.5 Å². The third kappa shape index (κ3) is 4.88. The molecular weight excluding hydrogens is 496 g/mol. The zero-order valence-corrected chi connectivity index (χ0v) is 20.4. The van der Waals surface area contributed by atoms with Gasteiger partial charge in [0.05, 0.1) is 22.0 Å². The van der Waals surface area contributed by atoms with Gasteiger partial charge in [-0.05, 0) is 71.8 Å². The van der Waals surface area contributed by atoms with E-state index in [9.17, 15) is 14.9 Å². The monoisotopic (exact) mass is 516 g/mol. The maximum absolute atomic E-state index is 13.4. The molecule has 0 aliphatic heterocycles. The number of nitrogens with zero attached hydrogens (tertiary/aromatic N) is 4. The third-order valence-corrected chi connectivity index (χ3v) is 6.15. The van der Waals surface area contributed by atoms with Gasteiger partial charge in [0.2, 0.25) is 5.82 Å². The molecule has 2 aromatic heterocycles. The fraction of sp³-hybridized carbons (Fsp3) is 0.0333. The van der Waals surface area contributed by atoms with Crippen molar-refractivity contribution >= 4 is 33.8 Å². The minimum Gasteiger partial charge on any atom is -0.489 e. The summed E-state index contributed by atoms with van der Waals surface area (Å²) < 4.78 is 13.0. The summed E-state index contributed by atoms with van der Waals surface area (Å²) in [5.41, 5.74) is 2.52. The molecule has 0 N–H and O–H groups in total. The number of hydrogen-bond donors (Lipinski definition) is 0. The Balaban J connectivity index is 1.27. The Morgan fingerprint density at radius 3 is 2.46 bits per heavy atom. The number of rotatable bonds is 7. The molecule has 4 aromatic carbocycles. The molecule has 0 radical (unpaired) electrons. The van der Waals surface area contributed by atoms with Crippen molar-refractivity contribution in [1.29, 1.82) is 0 Å². The molecule has 0 spiro atoms. The molecule has 0 bridgehead atoms. The minimum atomic E-state index is -0.438. The number of nitro benzene ring substituents is 1. The minimum absolute atomic E-state index is 0.0339. The Kier molecular flexibility index (Phi) is 6.14. The topological polar surface area (TPSA) is 113 Å². The van der Waals surface area contributed by atoms with Crippen molar-refractivity contribution in [3.8, 4) is 17.3 Å². The zero-order valence-electron chi connectivity index (χ0n) is 20.4. The largest absolute Gasteiger partial charge is 0.489 e. The van der Waals surface area contributed by atoms with Crippen molar-refractivity contribution in [2.24, 2.45) is 5.10 Å². The Hall–Kier alpha value is -5.57. The van der Waals surface area contributed by atoms with E-state index in [1.54, 1.807) is 48.7 Å². The van der Waals surface area contributed by atoms with Crippen LogP contribution in [0, 0.1) is 10.1 Å². The van der Waals surface area contributed by atoms with Crippen molar-refractivity contribution in [1.82, 2.24) is 9.66 Å². The average Bonchev–Trinajstić information content (AvgIpc) is 3.41. The number of furan rings is 1. The van der Waals surface area contributed by atoms with Gasteiger partial charge in [-0.2, -0.15) is 9.78 Å². The average molecular weight is 517 g/mol. The molecule has 0 fully saturated rings. The second-order valence-corrected chi connectivity index (χ2v) is 8.74. The summed E-state index contributed by atoms with van der Waals surface area (Å²) in [6, 6.07) is 30.0. The Labute approximate surface area is 221 Å². The molecule has 0 atom stereocenters. The van der Waals surface area contributed by atoms with Gasteiger partial charge >= 0.3 is 0 Å². The fourth-order valence-electron chi connectivity index (χ4n) is 4.14. The summed E-state index contributed by atoms with van der Waals surface area (Å²) in [5.74, 6) is 1.36. The van der Waals surface area contributed by atoms with E-state index in [-0.39, 0.29) is 17.9 Å². The highest BCUT2D eigenvalue weighted by atomic mass is 16.6. The van der Waals surface area contributed by atoms with Crippen LogP contribution in [0.25, 0.3) is 33.5 Å². The van der Waals surface area contributed by atoms with Gasteiger partial charge in [-0.25, -0.2) is 4.98 Å². The van der Waals surface area contributed by atoms with E-state index >= 15 is 0 Å². The molecule has 0 saturated carbocycles. The predicted molar refractivity (Wildman–Crippen MR) is 148 cm³/mol. The van der Waals surface area contributed by atoms with E-state index in [2.05, 4.69) is 5.10 Å². The summed E-state index contributed by atoms with van der Waals surface area (Å²) in [6.45, 7) is 0.268. The highest BCUT2D eigenvalue weighted by Gasteiger charge is 2.16. The first-order chi connectivity index (χ1) is 19.0. The lowest BCUT2D eigenvalue weighted by molar-refractivity contribution is -0.384. The molecule has 9 nitrogen and oxygen atoms in total. The smallest absolute Gasteiger partial charge is 0.282 e. The van der Waals surface area contributed by atoms with Gasteiger partial charge in [-0.15, -0.1) is 0 Å². The maximum atomic E-state index is 13.4. The van der Waals surface area contributed by atoms with Crippen LogP contribution >= 0.6 is 0 Å². The van der Waals surface area contributed by atoms with Gasteiger partial charge in [-0.3, -0.25) is 14.9 Å². The van der Waals surface area contributed by atoms with Crippen LogP contribution in [-0.4, -0.2) is 20.8 Å². The SMILES string of the molecule is O=c1c2ccccc2nc(-c2cc3ccccc3o2)n1N=Cc1ccc(OCc2ccc([N+](=O)[O-])cc2)cc1. The molecule has 6 aromatic rings. The second kappa shape index (κ2) is 10.1. The normalized spacial score (nSPS) is 11.4. The lowest BCUT2D eigenvalue weighted by Gasteiger charge is -2.08. The van der Waals surface area contributed by atoms with Crippen molar-refractivity contribution in [3.05, 3.63) is 135 Å². The number of hydrogen-bond acceptors (Lipinski definition) is 7. The number of para-hydroxylation sites is 2. The van der Waals surface area contributed by atoms with Gasteiger partial charge in [0.1, 0.15) is 17.9 Å². The standard InChI is InChI=1S/C30H20N4O5/c35-30-25-6-2-3-7-26(25)32-29(28-17-22-5-1-4-8-27(22)39-28)33(30)31-18-20-11-15-24(16-12-20)38-19-21-9-13-23(14-10-21)34(36)37/h1-18H,19H2. The molecule has 9 heteroatoms. The summed E-state index contributed by atoms with van der Waals surface area (Å²) in [4.78, 5) is 28.5. The highest BCUT2D eigenvalue weighted by molar-refractivity contribution is 5.84. The summed E-state index contributed by atoms with van der Waals surface area (Å²) >= 11 is 0. The molecule has 39 heavy (non-hydrogen) atoms. The van der Waals surface area contributed by atoms with E-state index < -0.39 is 4.92 Å². The molecule has 0 saturated heterocycles. The van der Waals surface area contributed by atoms with Crippen LogP contribution in [0.2, 0.25) is 0 Å². The van der Waals surface area contributed by atoms with E-state index in [0.717, 1.165) is 16.5 Å². The summed E-state index contributed by atoms with van der Waals surface area (Å²) in [7, 11) is 0. The first-order valence-corrected chi connectivity index (χ1v) is 12.1. The maximum Gasteiger partial charge on any atom is 0.282 e. The number of non-ortho nitro benzene ring substituents is 1. The lowest BCUT2D eigenvalue weighted by atomic mass is 10.2. The van der Waals surface area contributed by atoms with Crippen LogP contribution in [0.5, 0.6) is 5.75 Å². The van der Waals surface area contributed by atoms with E-state index in [0.29, 0.717) is 33.8 Å². The van der Waals surface area contributed by atoms with Crippen molar-refractivity contribution < 1.29 is 14.1 Å². The van der Waals surface area contributed by atoms with Crippen LogP contribution in [0.15, 0.2) is 117 Å². The number of fused-ring (bicyclic) bond motifs is 2. The van der Waals surface area contributed by atoms with Crippen molar-refractivity contribution in [2.45, 2.75) is 6.61 Å². The molecule has 0 aliphatic carbocycles. The van der Waals surface area contributed by atoms with Gasteiger partial charge in [-0.1, -0.05) is 30.3 Å². The second-order valence-electron chi connectivity index (χ2n) is 8.74. The summed E-state index contributed by atoms with van der Waals surface area (Å²) in [6.07, 6.45) is 1.57. The quantitative estimate of drug-likeness (QED) is 0.142. The Morgan fingerprint density at radius 1 is 0.949 bits per heavy atom. The van der Waals surface area contributed by atoms with E-state index in [1.165, 1.54) is 16.8 Å². The van der Waals surface area contributed by atoms with Gasteiger partial charge in [0.25, 0.3) is 11.2 Å². The number of benzene rings is 4. The number of nitro groups is 1. The van der Waals surface area contributed by atoms with Crippen molar-refractivity contribution in [2.75, 3.05) is 0 Å². The van der Waals surface area contributed by atoms with Crippen LogP contribution in [0.1, 0.15) is 11.1 Å². The van der Waals surface area contributed by atoms with Crippen LogP contribution in [-0.2, 0) is 6.61 Å². The number of aromatic nitrogens is 2. The fourth-order valence-corrected chi connectivity index (χ4v) is 4.14. The van der Waals surface area contributed by atoms with Crippen molar-refractivity contribution in [3.63, 3.8) is 0 Å². The van der Waals surface area contributed by atoms with Crippen LogP contribution in [0.3, 0.4) is 0 Å². The van der Waals surface area contributed by atoms with E-state index in [4.69, 9.17) is 14.1 Å². The number of ether oxygens (including phenoxy) is 1. The Bertz CT molecular complexity index is 1870. The first kappa shape index (κ1) is 23.8. The molecule has 0 amide bonds. The molecular formula is C30H20N4O5. The molecule has 0 unspecified atom stereocenters. The molecule has 6 rings (SSSR count). The summed E-state index contributed by atoms with van der Waals surface area (Å²) in [5, 5.41) is 16.6. The lowest BCUT2D eigenvalue weighted by Crippen LogP contribution is -2.20. The van der Waals surface area contributed by atoms with Crippen LogP contribution < -0.4 is 10.3 Å². The molecule has 190 valence electrons. The molecule has 0 aliphatic rings. The first-order valence-electron chi connectivity index (χ1n) is 12.1. The van der Waals surface area contributed by atoms with Gasteiger partial charge < -0.3 is 9.15 Å². The third-order valence-electron chi connectivity index (χ3n) is 6.15. The highest BCUT2D eigenvalue weighted by Crippen LogP contribution is 2.27.